The van der Waals surface area contributed by atoms with Crippen molar-refractivity contribution in [2.75, 3.05) is 0 Å². The van der Waals surface area contributed by atoms with E-state index in [-0.39, 0.29) is 11.8 Å². The summed E-state index contributed by atoms with van der Waals surface area (Å²) in [7, 11) is 0. The SMILES string of the molecule is O=COC(Cc1ccccc1)Cc1[nH]c2ccc([N+](=O)[O-])cc2c1-c1ccccc1. The van der Waals surface area contributed by atoms with Gasteiger partial charge in [-0.05, 0) is 17.2 Å². The van der Waals surface area contributed by atoms with E-state index in [2.05, 4.69) is 4.98 Å². The number of nitro benzene ring substituents is 1. The highest BCUT2D eigenvalue weighted by Crippen LogP contribution is 2.35. The summed E-state index contributed by atoms with van der Waals surface area (Å²) in [5.41, 5.74) is 4.62. The Morgan fingerprint density at radius 1 is 0.967 bits per heavy atom. The van der Waals surface area contributed by atoms with Crippen molar-refractivity contribution in [1.29, 1.82) is 0 Å². The summed E-state index contributed by atoms with van der Waals surface area (Å²) in [6.45, 7) is 0.475. The van der Waals surface area contributed by atoms with Crippen LogP contribution in [-0.2, 0) is 22.4 Å². The Morgan fingerprint density at radius 2 is 1.67 bits per heavy atom. The van der Waals surface area contributed by atoms with Crippen LogP contribution in [0.25, 0.3) is 22.0 Å². The van der Waals surface area contributed by atoms with Gasteiger partial charge in [0.2, 0.25) is 0 Å². The van der Waals surface area contributed by atoms with E-state index < -0.39 is 4.92 Å². The molecule has 1 unspecified atom stereocenters. The minimum Gasteiger partial charge on any atom is -0.464 e. The lowest BCUT2D eigenvalue weighted by molar-refractivity contribution is -0.384. The summed E-state index contributed by atoms with van der Waals surface area (Å²) in [5, 5.41) is 12.1. The molecule has 0 amide bonds. The standard InChI is InChI=1S/C24H20N2O4/c27-16-30-20(13-17-7-3-1-4-8-17)15-23-24(18-9-5-2-6-10-18)21-14-19(26(28)29)11-12-22(21)25-23/h1-12,14,16,20,25H,13,15H2. The number of H-pyrrole nitrogens is 1. The molecule has 0 saturated heterocycles. The Morgan fingerprint density at radius 3 is 2.33 bits per heavy atom. The molecule has 0 spiro atoms. The number of fused-ring (bicyclic) bond motifs is 1. The van der Waals surface area contributed by atoms with Crippen LogP contribution in [0.3, 0.4) is 0 Å². The number of non-ortho nitro benzene ring substituents is 1. The van der Waals surface area contributed by atoms with Crippen molar-refractivity contribution in [2.24, 2.45) is 0 Å². The summed E-state index contributed by atoms with van der Waals surface area (Å²) in [6, 6.07) is 24.3. The van der Waals surface area contributed by atoms with Gasteiger partial charge in [-0.2, -0.15) is 0 Å². The van der Waals surface area contributed by atoms with E-state index in [1.807, 2.05) is 60.7 Å². The van der Waals surface area contributed by atoms with E-state index in [4.69, 9.17) is 4.74 Å². The van der Waals surface area contributed by atoms with Gasteiger partial charge in [0.05, 0.1) is 4.92 Å². The predicted molar refractivity (Wildman–Crippen MR) is 115 cm³/mol. The van der Waals surface area contributed by atoms with Crippen molar-refractivity contribution in [2.45, 2.75) is 18.9 Å². The van der Waals surface area contributed by atoms with Gasteiger partial charge < -0.3 is 9.72 Å². The molecular weight excluding hydrogens is 380 g/mol. The van der Waals surface area contributed by atoms with Crippen LogP contribution in [0.4, 0.5) is 5.69 Å². The van der Waals surface area contributed by atoms with Gasteiger partial charge in [0.1, 0.15) is 6.10 Å². The number of nitro groups is 1. The first-order valence-corrected chi connectivity index (χ1v) is 9.63. The van der Waals surface area contributed by atoms with Crippen LogP contribution in [-0.4, -0.2) is 22.5 Å². The van der Waals surface area contributed by atoms with Crippen molar-refractivity contribution in [3.05, 3.63) is 100 Å². The highest BCUT2D eigenvalue weighted by Gasteiger charge is 2.20. The van der Waals surface area contributed by atoms with Gasteiger partial charge in [-0.1, -0.05) is 60.7 Å². The van der Waals surface area contributed by atoms with Crippen molar-refractivity contribution in [1.82, 2.24) is 4.98 Å². The second kappa shape index (κ2) is 8.61. The summed E-state index contributed by atoms with van der Waals surface area (Å²) in [5.74, 6) is 0. The van der Waals surface area contributed by atoms with Crippen LogP contribution in [0.2, 0.25) is 0 Å². The molecule has 4 rings (SSSR count). The lowest BCUT2D eigenvalue weighted by Gasteiger charge is -2.16. The molecule has 1 aromatic heterocycles. The number of hydrogen-bond donors (Lipinski definition) is 1. The number of aromatic nitrogens is 1. The average molecular weight is 400 g/mol. The molecule has 0 fully saturated rings. The first kappa shape index (κ1) is 19.4. The molecule has 0 radical (unpaired) electrons. The van der Waals surface area contributed by atoms with Gasteiger partial charge in [0.15, 0.2) is 0 Å². The Kier molecular flexibility index (Phi) is 5.57. The minimum absolute atomic E-state index is 0.0372. The van der Waals surface area contributed by atoms with E-state index in [0.717, 1.165) is 33.3 Å². The Bertz CT molecular complexity index is 1170. The first-order chi connectivity index (χ1) is 14.7. The molecule has 3 aromatic carbocycles. The fourth-order valence-electron chi connectivity index (χ4n) is 3.79. The molecule has 0 aliphatic carbocycles. The zero-order valence-electron chi connectivity index (χ0n) is 16.2. The lowest BCUT2D eigenvalue weighted by atomic mass is 9.97. The van der Waals surface area contributed by atoms with Crippen LogP contribution in [0.1, 0.15) is 11.3 Å². The smallest absolute Gasteiger partial charge is 0.293 e. The largest absolute Gasteiger partial charge is 0.464 e. The summed E-state index contributed by atoms with van der Waals surface area (Å²) < 4.78 is 5.39. The van der Waals surface area contributed by atoms with Crippen molar-refractivity contribution in [3.8, 4) is 11.1 Å². The second-order valence-electron chi connectivity index (χ2n) is 7.08. The van der Waals surface area contributed by atoms with Crippen LogP contribution < -0.4 is 0 Å². The van der Waals surface area contributed by atoms with Crippen LogP contribution in [0.15, 0.2) is 78.9 Å². The van der Waals surface area contributed by atoms with E-state index in [1.54, 1.807) is 12.1 Å². The molecule has 6 nitrogen and oxygen atoms in total. The summed E-state index contributed by atoms with van der Waals surface area (Å²) in [4.78, 5) is 25.4. The van der Waals surface area contributed by atoms with E-state index in [0.29, 0.717) is 19.3 Å². The van der Waals surface area contributed by atoms with Gasteiger partial charge in [-0.25, -0.2) is 0 Å². The molecule has 150 valence electrons. The van der Waals surface area contributed by atoms with E-state index in [9.17, 15) is 14.9 Å². The molecule has 1 atom stereocenters. The van der Waals surface area contributed by atoms with Gasteiger partial charge in [0, 0.05) is 47.1 Å². The predicted octanol–water partition coefficient (Wildman–Crippen LogP) is 5.07. The van der Waals surface area contributed by atoms with Crippen LogP contribution in [0, 0.1) is 10.1 Å². The number of carbonyl (C=O) groups excluding carboxylic acids is 1. The number of rotatable bonds is 8. The third kappa shape index (κ3) is 4.07. The van der Waals surface area contributed by atoms with Gasteiger partial charge >= 0.3 is 0 Å². The highest BCUT2D eigenvalue weighted by molar-refractivity contribution is 5.98. The minimum atomic E-state index is -0.394. The molecule has 6 heteroatoms. The van der Waals surface area contributed by atoms with Crippen molar-refractivity contribution >= 4 is 23.1 Å². The number of ether oxygens (including phenoxy) is 1. The number of hydrogen-bond acceptors (Lipinski definition) is 4. The van der Waals surface area contributed by atoms with Gasteiger partial charge in [0.25, 0.3) is 12.2 Å². The Hall–Kier alpha value is -3.93. The molecule has 1 N–H and O–H groups in total. The van der Waals surface area contributed by atoms with E-state index >= 15 is 0 Å². The quantitative estimate of drug-likeness (QED) is 0.254. The maximum absolute atomic E-state index is 11.3. The van der Waals surface area contributed by atoms with Crippen molar-refractivity contribution in [3.63, 3.8) is 0 Å². The molecule has 1 heterocycles. The summed E-state index contributed by atoms with van der Waals surface area (Å²) >= 11 is 0. The normalized spacial score (nSPS) is 11.9. The van der Waals surface area contributed by atoms with Crippen LogP contribution >= 0.6 is 0 Å². The zero-order chi connectivity index (χ0) is 20.9. The number of benzene rings is 3. The number of aromatic amines is 1. The zero-order valence-corrected chi connectivity index (χ0v) is 16.2. The van der Waals surface area contributed by atoms with Gasteiger partial charge in [-0.3, -0.25) is 14.9 Å². The third-order valence-corrected chi connectivity index (χ3v) is 5.12. The summed E-state index contributed by atoms with van der Waals surface area (Å²) in [6.07, 6.45) is 0.666. The average Bonchev–Trinajstić information content (AvgIpc) is 3.12. The monoisotopic (exact) mass is 400 g/mol. The van der Waals surface area contributed by atoms with E-state index in [1.165, 1.54) is 6.07 Å². The third-order valence-electron chi connectivity index (χ3n) is 5.12. The molecule has 0 aliphatic rings. The molecule has 30 heavy (non-hydrogen) atoms. The maximum Gasteiger partial charge on any atom is 0.293 e. The molecule has 0 saturated carbocycles. The van der Waals surface area contributed by atoms with Crippen LogP contribution in [0.5, 0.6) is 0 Å². The maximum atomic E-state index is 11.3. The second-order valence-corrected chi connectivity index (χ2v) is 7.08. The number of nitrogens with zero attached hydrogens (tertiary/aromatic N) is 1. The Balaban J connectivity index is 1.78. The van der Waals surface area contributed by atoms with Crippen molar-refractivity contribution < 1.29 is 14.5 Å². The van der Waals surface area contributed by atoms with Gasteiger partial charge in [-0.15, -0.1) is 0 Å². The topological polar surface area (TPSA) is 85.2 Å². The number of nitrogens with one attached hydrogen (secondary N) is 1. The fourth-order valence-corrected chi connectivity index (χ4v) is 3.79. The molecule has 0 bridgehead atoms. The Labute approximate surface area is 173 Å². The highest BCUT2D eigenvalue weighted by atomic mass is 16.6. The molecule has 4 aromatic rings. The molecule has 0 aliphatic heterocycles. The molecular formula is C24H20N2O4. The first-order valence-electron chi connectivity index (χ1n) is 9.63. The lowest BCUT2D eigenvalue weighted by Crippen LogP contribution is -2.19. The number of carbonyl (C=O) groups is 1. The fraction of sp³-hybridized carbons (Fsp3) is 0.125.